The van der Waals surface area contributed by atoms with E-state index in [-0.39, 0.29) is 30.4 Å². The Morgan fingerprint density at radius 2 is 1.63 bits per heavy atom. The molecule has 0 saturated carbocycles. The zero-order valence-electron chi connectivity index (χ0n) is 16.7. The Labute approximate surface area is 161 Å². The Morgan fingerprint density at radius 3 is 2.26 bits per heavy atom. The number of benzene rings is 2. The number of hydrogen-bond donors (Lipinski definition) is 1. The normalized spacial score (nSPS) is 10.8. The van der Waals surface area contributed by atoms with Crippen LogP contribution < -0.4 is 15.0 Å². The van der Waals surface area contributed by atoms with E-state index in [0.29, 0.717) is 11.4 Å². The summed E-state index contributed by atoms with van der Waals surface area (Å²) in [5, 5.41) is 2.93. The van der Waals surface area contributed by atoms with Crippen LogP contribution in [0.2, 0.25) is 0 Å². The van der Waals surface area contributed by atoms with Crippen molar-refractivity contribution in [3.63, 3.8) is 0 Å². The minimum atomic E-state index is -0.252. The smallest absolute Gasteiger partial charge is 0.244 e. The average molecular weight is 368 g/mol. The van der Waals surface area contributed by atoms with Crippen LogP contribution in [0.4, 0.5) is 11.4 Å². The second kappa shape index (κ2) is 9.21. The van der Waals surface area contributed by atoms with Gasteiger partial charge in [-0.1, -0.05) is 44.2 Å². The Bertz CT molecular complexity index is 800. The van der Waals surface area contributed by atoms with Gasteiger partial charge in [-0.15, -0.1) is 0 Å². The van der Waals surface area contributed by atoms with E-state index in [0.717, 1.165) is 11.3 Å². The third-order valence-electron chi connectivity index (χ3n) is 4.06. The molecule has 1 N–H and O–H groups in total. The van der Waals surface area contributed by atoms with Crippen molar-refractivity contribution in [1.29, 1.82) is 0 Å². The maximum atomic E-state index is 12.7. The van der Waals surface area contributed by atoms with Gasteiger partial charge in [0.05, 0.1) is 11.8 Å². The summed E-state index contributed by atoms with van der Waals surface area (Å²) in [5.41, 5.74) is 2.42. The van der Waals surface area contributed by atoms with Crippen molar-refractivity contribution in [2.75, 3.05) is 16.8 Å². The van der Waals surface area contributed by atoms with E-state index in [1.165, 1.54) is 11.8 Å². The van der Waals surface area contributed by atoms with Crippen molar-refractivity contribution < 1.29 is 14.3 Å². The molecule has 5 nitrogen and oxygen atoms in total. The van der Waals surface area contributed by atoms with E-state index < -0.39 is 0 Å². The summed E-state index contributed by atoms with van der Waals surface area (Å²) in [6.07, 6.45) is -0.0355. The average Bonchev–Trinajstić information content (AvgIpc) is 2.60. The largest absolute Gasteiger partial charge is 0.489 e. The molecule has 0 aliphatic rings. The number of nitrogens with one attached hydrogen (secondary N) is 1. The van der Waals surface area contributed by atoms with Gasteiger partial charge in [0.1, 0.15) is 12.3 Å². The lowest BCUT2D eigenvalue weighted by Gasteiger charge is -2.24. The highest BCUT2D eigenvalue weighted by molar-refractivity contribution is 6.02. The first-order valence-corrected chi connectivity index (χ1v) is 9.22. The van der Waals surface area contributed by atoms with Gasteiger partial charge in [0.15, 0.2) is 0 Å². The van der Waals surface area contributed by atoms with Gasteiger partial charge in [-0.25, -0.2) is 0 Å². The number of rotatable bonds is 7. The molecule has 0 radical (unpaired) electrons. The lowest BCUT2D eigenvalue weighted by molar-refractivity contribution is -0.120. The van der Waals surface area contributed by atoms with E-state index in [4.69, 9.17) is 4.74 Å². The topological polar surface area (TPSA) is 58.6 Å². The molecule has 2 rings (SSSR count). The minimum absolute atomic E-state index is 0.0355. The zero-order chi connectivity index (χ0) is 20.0. The quantitative estimate of drug-likeness (QED) is 0.778. The van der Waals surface area contributed by atoms with Gasteiger partial charge in [0.25, 0.3) is 0 Å². The van der Waals surface area contributed by atoms with Crippen molar-refractivity contribution in [1.82, 2.24) is 0 Å². The highest BCUT2D eigenvalue weighted by Crippen LogP contribution is 2.29. The van der Waals surface area contributed by atoms with E-state index >= 15 is 0 Å². The van der Waals surface area contributed by atoms with Gasteiger partial charge in [-0.3, -0.25) is 14.5 Å². The highest BCUT2D eigenvalue weighted by atomic mass is 16.5. The minimum Gasteiger partial charge on any atom is -0.489 e. The van der Waals surface area contributed by atoms with Gasteiger partial charge >= 0.3 is 0 Å². The number of para-hydroxylation sites is 3. The number of ether oxygens (including phenoxy) is 1. The van der Waals surface area contributed by atoms with E-state index in [2.05, 4.69) is 19.2 Å². The Balaban J connectivity index is 2.23. The van der Waals surface area contributed by atoms with Crippen molar-refractivity contribution in [3.05, 3.63) is 54.1 Å². The molecule has 0 spiro atoms. The summed E-state index contributed by atoms with van der Waals surface area (Å²) in [5.74, 6) is 0.392. The van der Waals surface area contributed by atoms with Crippen molar-refractivity contribution in [2.24, 2.45) is 0 Å². The number of nitrogens with zero attached hydrogens (tertiary/aromatic N) is 1. The molecule has 0 atom stereocenters. The molecule has 0 unspecified atom stereocenters. The summed E-state index contributed by atoms with van der Waals surface area (Å²) < 4.78 is 5.80. The van der Waals surface area contributed by atoms with Crippen molar-refractivity contribution in [3.8, 4) is 5.75 Å². The summed E-state index contributed by atoms with van der Waals surface area (Å²) in [6.45, 7) is 9.36. The molecule has 0 fully saturated rings. The Hall–Kier alpha value is -2.82. The van der Waals surface area contributed by atoms with Crippen LogP contribution in [-0.2, 0) is 9.59 Å². The van der Waals surface area contributed by atoms with Crippen LogP contribution in [0.1, 0.15) is 46.1 Å². The standard InChI is InChI=1S/C22H28N2O3/c1-15(2)18-10-6-7-11-19(18)23-22(26)14-24(17(5)25)20-12-8-9-13-21(20)27-16(3)4/h6-13,15-16H,14H2,1-5H3,(H,23,26). The summed E-state index contributed by atoms with van der Waals surface area (Å²) in [4.78, 5) is 26.3. The number of carbonyl (C=O) groups is 2. The van der Waals surface area contributed by atoms with Crippen LogP contribution in [0.15, 0.2) is 48.5 Å². The van der Waals surface area contributed by atoms with E-state index in [1.807, 2.05) is 50.2 Å². The molecule has 5 heteroatoms. The van der Waals surface area contributed by atoms with Gasteiger partial charge in [-0.05, 0) is 43.5 Å². The molecule has 0 aliphatic heterocycles. The molecule has 2 aromatic carbocycles. The monoisotopic (exact) mass is 368 g/mol. The molecule has 144 valence electrons. The third-order valence-corrected chi connectivity index (χ3v) is 4.06. The fourth-order valence-electron chi connectivity index (χ4n) is 2.85. The summed E-state index contributed by atoms with van der Waals surface area (Å²) in [6, 6.07) is 15.0. The SMILES string of the molecule is CC(=O)N(CC(=O)Nc1ccccc1C(C)C)c1ccccc1OC(C)C. The van der Waals surface area contributed by atoms with Gasteiger partial charge < -0.3 is 10.1 Å². The second-order valence-electron chi connectivity index (χ2n) is 7.03. The molecule has 0 aliphatic carbocycles. The molecular weight excluding hydrogens is 340 g/mol. The predicted molar refractivity (Wildman–Crippen MR) is 109 cm³/mol. The van der Waals surface area contributed by atoms with Crippen molar-refractivity contribution in [2.45, 2.75) is 46.6 Å². The number of hydrogen-bond acceptors (Lipinski definition) is 3. The fraction of sp³-hybridized carbons (Fsp3) is 0.364. The first-order valence-electron chi connectivity index (χ1n) is 9.22. The van der Waals surface area contributed by atoms with Crippen LogP contribution in [0.25, 0.3) is 0 Å². The van der Waals surface area contributed by atoms with Crippen LogP contribution in [0.5, 0.6) is 5.75 Å². The van der Waals surface area contributed by atoms with Crippen LogP contribution in [-0.4, -0.2) is 24.5 Å². The molecule has 0 aromatic heterocycles. The molecule has 0 bridgehead atoms. The maximum Gasteiger partial charge on any atom is 0.244 e. The van der Waals surface area contributed by atoms with E-state index in [9.17, 15) is 9.59 Å². The van der Waals surface area contributed by atoms with Gasteiger partial charge in [0, 0.05) is 12.6 Å². The molecule has 2 aromatic rings. The summed E-state index contributed by atoms with van der Waals surface area (Å²) in [7, 11) is 0. The number of amides is 2. The van der Waals surface area contributed by atoms with Crippen LogP contribution >= 0.6 is 0 Å². The maximum absolute atomic E-state index is 12.7. The Kier molecular flexibility index (Phi) is 6.99. The second-order valence-corrected chi connectivity index (χ2v) is 7.03. The Morgan fingerprint density at radius 1 is 1.00 bits per heavy atom. The number of anilines is 2. The van der Waals surface area contributed by atoms with Crippen LogP contribution in [0, 0.1) is 0 Å². The highest BCUT2D eigenvalue weighted by Gasteiger charge is 2.20. The predicted octanol–water partition coefficient (Wildman–Crippen LogP) is 4.59. The van der Waals surface area contributed by atoms with Crippen molar-refractivity contribution >= 4 is 23.2 Å². The summed E-state index contributed by atoms with van der Waals surface area (Å²) >= 11 is 0. The lowest BCUT2D eigenvalue weighted by atomic mass is 10.0. The lowest BCUT2D eigenvalue weighted by Crippen LogP contribution is -2.37. The van der Waals surface area contributed by atoms with Crippen LogP contribution in [0.3, 0.4) is 0 Å². The molecule has 0 saturated heterocycles. The third kappa shape index (κ3) is 5.58. The first kappa shape index (κ1) is 20.5. The molecule has 27 heavy (non-hydrogen) atoms. The number of carbonyl (C=O) groups excluding carboxylic acids is 2. The van der Waals surface area contributed by atoms with Gasteiger partial charge in [-0.2, -0.15) is 0 Å². The zero-order valence-corrected chi connectivity index (χ0v) is 16.7. The molecule has 0 heterocycles. The molecule has 2 amide bonds. The molecular formula is C22H28N2O3. The van der Waals surface area contributed by atoms with Gasteiger partial charge in [0.2, 0.25) is 11.8 Å². The van der Waals surface area contributed by atoms with E-state index in [1.54, 1.807) is 12.1 Å². The fourth-order valence-corrected chi connectivity index (χ4v) is 2.85. The first-order chi connectivity index (χ1) is 12.8.